The molecule has 0 saturated carbocycles. The van der Waals surface area contributed by atoms with E-state index in [0.717, 1.165) is 19.3 Å². The molecular weight excluding hydrogens is 208 g/mol. The number of rotatable bonds is 10. The van der Waals surface area contributed by atoms with Crippen molar-refractivity contribution in [3.8, 4) is 0 Å². The van der Waals surface area contributed by atoms with Gasteiger partial charge in [0.1, 0.15) is 0 Å². The molecular formula is C16H28O. The Morgan fingerprint density at radius 1 is 1.06 bits per heavy atom. The van der Waals surface area contributed by atoms with Crippen molar-refractivity contribution in [2.45, 2.75) is 52.4 Å². The van der Waals surface area contributed by atoms with Crippen LogP contribution in [-0.2, 0) is 4.74 Å². The molecule has 0 heterocycles. The van der Waals surface area contributed by atoms with Gasteiger partial charge in [-0.1, -0.05) is 29.4 Å². The lowest BCUT2D eigenvalue weighted by molar-refractivity contribution is 0.223. The summed E-state index contributed by atoms with van der Waals surface area (Å²) in [5, 5.41) is 0. The molecule has 0 aliphatic carbocycles. The fraction of sp³-hybridized carbons (Fsp3) is 0.625. The van der Waals surface area contributed by atoms with Crippen molar-refractivity contribution in [2.75, 3.05) is 13.7 Å². The minimum Gasteiger partial charge on any atom is -0.380 e. The molecule has 0 saturated heterocycles. The van der Waals surface area contributed by atoms with Crippen LogP contribution in [0.3, 0.4) is 0 Å². The highest BCUT2D eigenvalue weighted by Crippen LogP contribution is 2.13. The highest BCUT2D eigenvalue weighted by molar-refractivity contribution is 5.00. The van der Waals surface area contributed by atoms with Gasteiger partial charge < -0.3 is 4.74 Å². The lowest BCUT2D eigenvalue weighted by Gasteiger charge is -2.04. The summed E-state index contributed by atoms with van der Waals surface area (Å²) in [5.74, 6) is 0. The van der Waals surface area contributed by atoms with Crippen molar-refractivity contribution in [3.05, 3.63) is 36.0 Å². The van der Waals surface area contributed by atoms with Crippen molar-refractivity contribution in [2.24, 2.45) is 0 Å². The number of hydrogen-bond donors (Lipinski definition) is 0. The largest absolute Gasteiger partial charge is 0.380 e. The third-order valence-electron chi connectivity index (χ3n) is 2.75. The summed E-state index contributed by atoms with van der Waals surface area (Å²) in [6, 6.07) is 0. The molecule has 0 aliphatic rings. The summed E-state index contributed by atoms with van der Waals surface area (Å²) in [5.41, 5.74) is 3.98. The summed E-state index contributed by atoms with van der Waals surface area (Å²) in [7, 11) is 1.72. The van der Waals surface area contributed by atoms with E-state index in [2.05, 4.69) is 33.1 Å². The van der Waals surface area contributed by atoms with Gasteiger partial charge in [0.25, 0.3) is 0 Å². The topological polar surface area (TPSA) is 9.23 Å². The van der Waals surface area contributed by atoms with Gasteiger partial charge in [-0.15, -0.1) is 6.58 Å². The van der Waals surface area contributed by atoms with Gasteiger partial charge in [0, 0.05) is 7.11 Å². The standard InChI is InChI=1S/C16H28O/c1-14(2)9-8-12-15(3)10-6-7-11-16(4)13-17-5/h10H,1,4,6-9,11-13H2,2-3,5H3/b15-10-. The smallest absolute Gasteiger partial charge is 0.0670 e. The lowest BCUT2D eigenvalue weighted by Crippen LogP contribution is -1.92. The Hall–Kier alpha value is -0.820. The van der Waals surface area contributed by atoms with E-state index in [4.69, 9.17) is 4.74 Å². The zero-order valence-corrected chi connectivity index (χ0v) is 11.8. The first-order chi connectivity index (χ1) is 8.06. The van der Waals surface area contributed by atoms with E-state index in [1.807, 2.05) is 0 Å². The van der Waals surface area contributed by atoms with Gasteiger partial charge in [-0.25, -0.2) is 0 Å². The molecule has 0 aromatic heterocycles. The number of methoxy groups -OCH3 is 1. The van der Waals surface area contributed by atoms with Crippen LogP contribution in [0.5, 0.6) is 0 Å². The fourth-order valence-electron chi connectivity index (χ4n) is 1.75. The highest BCUT2D eigenvalue weighted by Gasteiger charge is 1.94. The molecule has 1 heteroatoms. The van der Waals surface area contributed by atoms with E-state index in [1.54, 1.807) is 7.11 Å². The molecule has 0 spiro atoms. The molecule has 0 aliphatic heterocycles. The monoisotopic (exact) mass is 236 g/mol. The molecule has 1 nitrogen and oxygen atoms in total. The lowest BCUT2D eigenvalue weighted by atomic mass is 10.0. The van der Waals surface area contributed by atoms with Crippen molar-refractivity contribution in [3.63, 3.8) is 0 Å². The van der Waals surface area contributed by atoms with Crippen LogP contribution in [0.2, 0.25) is 0 Å². The Bertz CT molecular complexity index is 261. The summed E-state index contributed by atoms with van der Waals surface area (Å²) >= 11 is 0. The third-order valence-corrected chi connectivity index (χ3v) is 2.75. The van der Waals surface area contributed by atoms with E-state index in [9.17, 15) is 0 Å². The van der Waals surface area contributed by atoms with Crippen LogP contribution in [0.4, 0.5) is 0 Å². The van der Waals surface area contributed by atoms with E-state index in [0.29, 0.717) is 6.61 Å². The Morgan fingerprint density at radius 3 is 2.35 bits per heavy atom. The zero-order valence-electron chi connectivity index (χ0n) is 11.8. The molecule has 0 fully saturated rings. The molecule has 0 amide bonds. The van der Waals surface area contributed by atoms with Crippen molar-refractivity contribution < 1.29 is 4.74 Å². The molecule has 0 aromatic carbocycles. The highest BCUT2D eigenvalue weighted by atomic mass is 16.5. The van der Waals surface area contributed by atoms with Crippen LogP contribution in [0, 0.1) is 0 Å². The molecule has 98 valence electrons. The Morgan fingerprint density at radius 2 is 1.76 bits per heavy atom. The van der Waals surface area contributed by atoms with Gasteiger partial charge in [-0.05, 0) is 52.4 Å². The average Bonchev–Trinajstić information content (AvgIpc) is 2.24. The Balaban J connectivity index is 3.56. The first-order valence-corrected chi connectivity index (χ1v) is 6.52. The van der Waals surface area contributed by atoms with Crippen LogP contribution in [-0.4, -0.2) is 13.7 Å². The molecule has 0 atom stereocenters. The number of allylic oxidation sites excluding steroid dienone is 3. The first kappa shape index (κ1) is 16.2. The summed E-state index contributed by atoms with van der Waals surface area (Å²) < 4.78 is 5.03. The molecule has 0 aromatic rings. The van der Waals surface area contributed by atoms with Gasteiger partial charge >= 0.3 is 0 Å². The van der Waals surface area contributed by atoms with E-state index in [-0.39, 0.29) is 0 Å². The molecule has 0 rings (SSSR count). The molecule has 17 heavy (non-hydrogen) atoms. The number of ether oxygens (including phenoxy) is 1. The maximum atomic E-state index is 5.03. The van der Waals surface area contributed by atoms with Crippen molar-refractivity contribution in [1.82, 2.24) is 0 Å². The molecule has 0 radical (unpaired) electrons. The average molecular weight is 236 g/mol. The molecule has 0 unspecified atom stereocenters. The minimum atomic E-state index is 0.696. The normalized spacial score (nSPS) is 11.6. The number of unbranched alkanes of at least 4 members (excludes halogenated alkanes) is 1. The number of hydrogen-bond acceptors (Lipinski definition) is 1. The molecule has 0 N–H and O–H groups in total. The second kappa shape index (κ2) is 10.3. The van der Waals surface area contributed by atoms with Gasteiger partial charge in [0.05, 0.1) is 6.61 Å². The fourth-order valence-corrected chi connectivity index (χ4v) is 1.75. The second-order valence-electron chi connectivity index (χ2n) is 4.94. The van der Waals surface area contributed by atoms with Gasteiger partial charge in [0.15, 0.2) is 0 Å². The van der Waals surface area contributed by atoms with E-state index >= 15 is 0 Å². The van der Waals surface area contributed by atoms with Crippen LogP contribution in [0.25, 0.3) is 0 Å². The maximum absolute atomic E-state index is 5.03. The quantitative estimate of drug-likeness (QED) is 0.381. The SMILES string of the molecule is C=C(C)CCC/C(C)=C\CCCC(=C)COC. The predicted octanol–water partition coefficient (Wildman–Crippen LogP) is 5.05. The minimum absolute atomic E-state index is 0.696. The van der Waals surface area contributed by atoms with Crippen LogP contribution < -0.4 is 0 Å². The van der Waals surface area contributed by atoms with Crippen LogP contribution in [0.15, 0.2) is 36.0 Å². The molecule has 0 bridgehead atoms. The zero-order chi connectivity index (χ0) is 13.1. The van der Waals surface area contributed by atoms with Crippen molar-refractivity contribution >= 4 is 0 Å². The summed E-state index contributed by atoms with van der Waals surface area (Å²) in [4.78, 5) is 0. The third kappa shape index (κ3) is 11.4. The van der Waals surface area contributed by atoms with Crippen LogP contribution in [0.1, 0.15) is 52.4 Å². The van der Waals surface area contributed by atoms with Gasteiger partial charge in [-0.2, -0.15) is 0 Å². The Labute approximate surface area is 107 Å². The predicted molar refractivity (Wildman–Crippen MR) is 77.3 cm³/mol. The maximum Gasteiger partial charge on any atom is 0.0670 e. The summed E-state index contributed by atoms with van der Waals surface area (Å²) in [6.45, 7) is 12.9. The summed E-state index contributed by atoms with van der Waals surface area (Å²) in [6.07, 6.45) is 9.35. The Kier molecular flexibility index (Phi) is 9.84. The van der Waals surface area contributed by atoms with Gasteiger partial charge in [0.2, 0.25) is 0 Å². The van der Waals surface area contributed by atoms with Crippen LogP contribution >= 0.6 is 0 Å². The van der Waals surface area contributed by atoms with Gasteiger partial charge in [-0.3, -0.25) is 0 Å². The van der Waals surface area contributed by atoms with E-state index < -0.39 is 0 Å². The van der Waals surface area contributed by atoms with E-state index in [1.165, 1.54) is 36.0 Å². The van der Waals surface area contributed by atoms with Crippen molar-refractivity contribution in [1.29, 1.82) is 0 Å². The second-order valence-corrected chi connectivity index (χ2v) is 4.94. The first-order valence-electron chi connectivity index (χ1n) is 6.52.